The summed E-state index contributed by atoms with van der Waals surface area (Å²) in [5.74, 6) is 0. The zero-order chi connectivity index (χ0) is 11.7. The number of hydrogen-bond acceptors (Lipinski definition) is 3. The molecule has 3 rings (SSSR count). The van der Waals surface area contributed by atoms with Gasteiger partial charge < -0.3 is 5.32 Å². The summed E-state index contributed by atoms with van der Waals surface area (Å²) in [7, 11) is 0. The van der Waals surface area contributed by atoms with Crippen LogP contribution in [0.2, 0.25) is 5.15 Å². The highest BCUT2D eigenvalue weighted by Gasteiger charge is 2.13. The summed E-state index contributed by atoms with van der Waals surface area (Å²) in [5, 5.41) is 6.65. The number of aryl methyl sites for hydroxylation is 1. The molecule has 0 fully saturated rings. The maximum absolute atomic E-state index is 5.83. The van der Waals surface area contributed by atoms with Crippen molar-refractivity contribution in [2.24, 2.45) is 0 Å². The number of halogens is 1. The summed E-state index contributed by atoms with van der Waals surface area (Å²) < 4.78 is 0. The fourth-order valence-corrected chi connectivity index (χ4v) is 3.17. The highest BCUT2D eigenvalue weighted by atomic mass is 35.5. The van der Waals surface area contributed by atoms with Gasteiger partial charge in [-0.15, -0.1) is 11.3 Å². The van der Waals surface area contributed by atoms with E-state index in [1.54, 1.807) is 11.3 Å². The molecule has 0 amide bonds. The van der Waals surface area contributed by atoms with Crippen molar-refractivity contribution < 1.29 is 0 Å². The van der Waals surface area contributed by atoms with Gasteiger partial charge in [0.2, 0.25) is 0 Å². The molecule has 0 spiro atoms. The van der Waals surface area contributed by atoms with Gasteiger partial charge in [-0.1, -0.05) is 23.7 Å². The molecule has 1 heterocycles. The van der Waals surface area contributed by atoms with E-state index in [4.69, 9.17) is 11.6 Å². The first kappa shape index (κ1) is 11.1. The van der Waals surface area contributed by atoms with Gasteiger partial charge >= 0.3 is 0 Å². The van der Waals surface area contributed by atoms with Crippen LogP contribution in [0.1, 0.15) is 24.0 Å². The van der Waals surface area contributed by atoms with Crippen molar-refractivity contribution in [1.29, 1.82) is 0 Å². The molecular formula is C13H13ClN2S. The van der Waals surface area contributed by atoms with E-state index in [-0.39, 0.29) is 0 Å². The maximum Gasteiger partial charge on any atom is 0.188 e. The first-order valence-corrected chi connectivity index (χ1v) is 7.07. The van der Waals surface area contributed by atoms with Crippen LogP contribution in [0.4, 0.5) is 10.8 Å². The summed E-state index contributed by atoms with van der Waals surface area (Å²) in [6.45, 7) is 0. The number of aromatic nitrogens is 1. The molecule has 17 heavy (non-hydrogen) atoms. The van der Waals surface area contributed by atoms with Crippen molar-refractivity contribution in [3.63, 3.8) is 0 Å². The Balaban J connectivity index is 1.92. The number of rotatable bonds is 2. The minimum absolute atomic E-state index is 0.558. The van der Waals surface area contributed by atoms with Gasteiger partial charge in [0, 0.05) is 11.1 Å². The summed E-state index contributed by atoms with van der Waals surface area (Å²) in [6.07, 6.45) is 4.95. The van der Waals surface area contributed by atoms with Crippen LogP contribution in [-0.4, -0.2) is 4.98 Å². The van der Waals surface area contributed by atoms with Gasteiger partial charge in [0.15, 0.2) is 5.13 Å². The lowest BCUT2D eigenvalue weighted by atomic mass is 9.90. The standard InChI is InChI=1S/C13H13ClN2S/c14-12-8-17-13(16-12)15-11-7-3-5-9-4-1-2-6-10(9)11/h3,5,7-8H,1-2,4,6H2,(H,15,16). The molecule has 88 valence electrons. The lowest BCUT2D eigenvalue weighted by Crippen LogP contribution is -2.05. The average molecular weight is 265 g/mol. The predicted molar refractivity (Wildman–Crippen MR) is 73.5 cm³/mol. The summed E-state index contributed by atoms with van der Waals surface area (Å²) in [5.41, 5.74) is 4.11. The van der Waals surface area contributed by atoms with Crippen LogP contribution in [0, 0.1) is 0 Å². The van der Waals surface area contributed by atoms with Gasteiger partial charge in [0.25, 0.3) is 0 Å². The second-order valence-corrected chi connectivity index (χ2v) is 5.50. The van der Waals surface area contributed by atoms with E-state index in [0.717, 1.165) is 11.6 Å². The number of benzene rings is 1. The van der Waals surface area contributed by atoms with E-state index >= 15 is 0 Å². The topological polar surface area (TPSA) is 24.9 Å². The molecule has 0 aliphatic heterocycles. The number of hydrogen-bond donors (Lipinski definition) is 1. The molecule has 1 aromatic carbocycles. The van der Waals surface area contributed by atoms with E-state index < -0.39 is 0 Å². The molecule has 1 aliphatic carbocycles. The van der Waals surface area contributed by atoms with Gasteiger partial charge in [-0.25, -0.2) is 4.98 Å². The molecule has 0 radical (unpaired) electrons. The van der Waals surface area contributed by atoms with Crippen LogP contribution in [0.15, 0.2) is 23.6 Å². The summed E-state index contributed by atoms with van der Waals surface area (Å²) in [4.78, 5) is 4.23. The highest BCUT2D eigenvalue weighted by molar-refractivity contribution is 7.14. The first-order valence-electron chi connectivity index (χ1n) is 5.82. The molecule has 2 aromatic rings. The fraction of sp³-hybridized carbons (Fsp3) is 0.308. The number of thiazole rings is 1. The van der Waals surface area contributed by atoms with E-state index in [1.807, 2.05) is 5.38 Å². The number of nitrogens with one attached hydrogen (secondary N) is 1. The smallest absolute Gasteiger partial charge is 0.188 e. The maximum atomic E-state index is 5.83. The summed E-state index contributed by atoms with van der Waals surface area (Å²) in [6, 6.07) is 6.47. The molecule has 0 unspecified atom stereocenters. The van der Waals surface area contributed by atoms with E-state index in [2.05, 4.69) is 28.5 Å². The lowest BCUT2D eigenvalue weighted by Gasteiger charge is -2.19. The largest absolute Gasteiger partial charge is 0.331 e. The molecule has 0 bridgehead atoms. The van der Waals surface area contributed by atoms with Crippen molar-refractivity contribution >= 4 is 33.8 Å². The second kappa shape index (κ2) is 4.67. The Hall–Kier alpha value is -1.06. The van der Waals surface area contributed by atoms with Crippen LogP contribution in [0.5, 0.6) is 0 Å². The SMILES string of the molecule is Clc1csc(Nc2cccc3c2CCCC3)n1. The van der Waals surface area contributed by atoms with E-state index in [0.29, 0.717) is 5.15 Å². The molecule has 4 heteroatoms. The van der Waals surface area contributed by atoms with Gasteiger partial charge in [-0.05, 0) is 42.9 Å². The van der Waals surface area contributed by atoms with Crippen molar-refractivity contribution in [2.75, 3.05) is 5.32 Å². The third kappa shape index (κ3) is 2.31. The van der Waals surface area contributed by atoms with Crippen LogP contribution >= 0.6 is 22.9 Å². The summed E-state index contributed by atoms with van der Waals surface area (Å²) >= 11 is 7.37. The Morgan fingerprint density at radius 2 is 2.12 bits per heavy atom. The Bertz CT molecular complexity index is 536. The third-order valence-electron chi connectivity index (χ3n) is 3.11. The zero-order valence-corrected chi connectivity index (χ0v) is 10.9. The van der Waals surface area contributed by atoms with Crippen molar-refractivity contribution in [3.05, 3.63) is 39.9 Å². The molecule has 0 atom stereocenters. The number of anilines is 2. The lowest BCUT2D eigenvalue weighted by molar-refractivity contribution is 0.687. The minimum atomic E-state index is 0.558. The Kier molecular flexibility index (Phi) is 3.04. The van der Waals surface area contributed by atoms with Gasteiger partial charge in [-0.3, -0.25) is 0 Å². The van der Waals surface area contributed by atoms with Gasteiger partial charge in [-0.2, -0.15) is 0 Å². The van der Waals surface area contributed by atoms with E-state index in [9.17, 15) is 0 Å². The molecular weight excluding hydrogens is 252 g/mol. The third-order valence-corrected chi connectivity index (χ3v) is 4.19. The van der Waals surface area contributed by atoms with Gasteiger partial charge in [0.05, 0.1) is 0 Å². The number of fused-ring (bicyclic) bond motifs is 1. The molecule has 1 N–H and O–H groups in total. The van der Waals surface area contributed by atoms with Crippen molar-refractivity contribution in [1.82, 2.24) is 4.98 Å². The molecule has 1 aliphatic rings. The Morgan fingerprint density at radius 3 is 2.94 bits per heavy atom. The minimum Gasteiger partial charge on any atom is -0.331 e. The molecule has 1 aromatic heterocycles. The predicted octanol–water partition coefficient (Wildman–Crippen LogP) is 4.42. The molecule has 2 nitrogen and oxygen atoms in total. The van der Waals surface area contributed by atoms with E-state index in [1.165, 1.54) is 36.1 Å². The van der Waals surface area contributed by atoms with Gasteiger partial charge in [0.1, 0.15) is 5.15 Å². The normalized spacial score (nSPS) is 14.4. The van der Waals surface area contributed by atoms with Crippen LogP contribution < -0.4 is 5.32 Å². The van der Waals surface area contributed by atoms with Crippen LogP contribution in [0.3, 0.4) is 0 Å². The first-order chi connectivity index (χ1) is 8.33. The monoisotopic (exact) mass is 264 g/mol. The molecule has 0 saturated carbocycles. The quantitative estimate of drug-likeness (QED) is 0.869. The fourth-order valence-electron chi connectivity index (χ4n) is 2.33. The van der Waals surface area contributed by atoms with Crippen LogP contribution in [0.25, 0.3) is 0 Å². The van der Waals surface area contributed by atoms with Crippen molar-refractivity contribution in [2.45, 2.75) is 25.7 Å². The highest BCUT2D eigenvalue weighted by Crippen LogP contribution is 2.31. The van der Waals surface area contributed by atoms with Crippen LogP contribution in [-0.2, 0) is 12.8 Å². The Morgan fingerprint density at radius 1 is 1.24 bits per heavy atom. The molecule has 0 saturated heterocycles. The Labute approximate surface area is 110 Å². The second-order valence-electron chi connectivity index (χ2n) is 4.25. The van der Waals surface area contributed by atoms with Crippen molar-refractivity contribution in [3.8, 4) is 0 Å². The average Bonchev–Trinajstić information content (AvgIpc) is 2.75. The zero-order valence-electron chi connectivity index (χ0n) is 9.37. The number of nitrogens with zero attached hydrogens (tertiary/aromatic N) is 1.